The van der Waals surface area contributed by atoms with Crippen LogP contribution in [0.4, 0.5) is 0 Å². The maximum atomic E-state index is 10.6. The Morgan fingerprint density at radius 1 is 1.17 bits per heavy atom. The summed E-state index contributed by atoms with van der Waals surface area (Å²) in [6.45, 7) is 0.380. The van der Waals surface area contributed by atoms with Crippen molar-refractivity contribution >= 4 is 17.6 Å². The van der Waals surface area contributed by atoms with Crippen LogP contribution in [-0.2, 0) is 6.61 Å². The first-order valence-electron chi connectivity index (χ1n) is 5.34. The molecule has 0 N–H and O–H groups in total. The zero-order chi connectivity index (χ0) is 13.0. The molecule has 0 heterocycles. The molecule has 2 aromatic carbocycles. The summed E-state index contributed by atoms with van der Waals surface area (Å²) in [5.74, 6) is -0.808. The number of hydrogen-bond acceptors (Lipinski definition) is 3. The van der Waals surface area contributed by atoms with Crippen LogP contribution in [0.15, 0.2) is 48.5 Å². The van der Waals surface area contributed by atoms with E-state index < -0.39 is 5.97 Å². The van der Waals surface area contributed by atoms with E-state index in [1.54, 1.807) is 0 Å². The molecule has 0 atom stereocenters. The predicted octanol–water partition coefficient (Wildman–Crippen LogP) is 2.28. The molecule has 3 nitrogen and oxygen atoms in total. The van der Waals surface area contributed by atoms with Gasteiger partial charge in [0.25, 0.3) is 0 Å². The minimum Gasteiger partial charge on any atom is -0.545 e. The van der Waals surface area contributed by atoms with Crippen LogP contribution in [0.25, 0.3) is 0 Å². The lowest BCUT2D eigenvalue weighted by atomic mass is 10.2. The number of aromatic carboxylic acids is 1. The number of carboxylic acid groups (broad SMARTS) is 1. The van der Waals surface area contributed by atoms with Gasteiger partial charge in [0.2, 0.25) is 0 Å². The van der Waals surface area contributed by atoms with Gasteiger partial charge in [0.1, 0.15) is 12.4 Å². The Morgan fingerprint density at radius 3 is 2.50 bits per heavy atom. The second kappa shape index (κ2) is 5.56. The van der Waals surface area contributed by atoms with Crippen LogP contribution in [0.1, 0.15) is 15.9 Å². The van der Waals surface area contributed by atoms with Crippen molar-refractivity contribution in [3.8, 4) is 5.75 Å². The minimum atomic E-state index is -1.26. The Labute approximate surface area is 110 Å². The lowest BCUT2D eigenvalue weighted by Gasteiger charge is -2.10. The van der Waals surface area contributed by atoms with Gasteiger partial charge in [-0.3, -0.25) is 0 Å². The first-order chi connectivity index (χ1) is 8.66. The van der Waals surface area contributed by atoms with Crippen molar-refractivity contribution in [1.29, 1.82) is 0 Å². The lowest BCUT2D eigenvalue weighted by molar-refractivity contribution is -0.255. The molecule has 0 unspecified atom stereocenters. The topological polar surface area (TPSA) is 49.4 Å². The Balaban J connectivity index is 2.08. The highest BCUT2D eigenvalue weighted by Gasteiger charge is 2.04. The van der Waals surface area contributed by atoms with Gasteiger partial charge in [-0.2, -0.15) is 0 Å². The standard InChI is InChI=1S/C14H11ClO3/c15-12-8-11(14(16)17)6-7-13(12)18-9-10-4-2-1-3-5-10/h1-8H,9H2,(H,16,17)/p-1. The van der Waals surface area contributed by atoms with Gasteiger partial charge in [0.15, 0.2) is 0 Å². The average Bonchev–Trinajstić information content (AvgIpc) is 2.38. The van der Waals surface area contributed by atoms with Gasteiger partial charge in [0.05, 0.1) is 11.0 Å². The monoisotopic (exact) mass is 261 g/mol. The summed E-state index contributed by atoms with van der Waals surface area (Å²) in [4.78, 5) is 10.6. The van der Waals surface area contributed by atoms with Gasteiger partial charge in [-0.25, -0.2) is 0 Å². The third kappa shape index (κ3) is 3.02. The van der Waals surface area contributed by atoms with Gasteiger partial charge in [0, 0.05) is 0 Å². The number of rotatable bonds is 4. The molecular formula is C14H10ClO3-. The largest absolute Gasteiger partial charge is 0.545 e. The average molecular weight is 262 g/mol. The van der Waals surface area contributed by atoms with E-state index >= 15 is 0 Å². The molecular weight excluding hydrogens is 252 g/mol. The number of ether oxygens (including phenoxy) is 1. The fraction of sp³-hybridized carbons (Fsp3) is 0.0714. The molecule has 4 heteroatoms. The molecule has 0 saturated carbocycles. The molecule has 0 amide bonds. The summed E-state index contributed by atoms with van der Waals surface area (Å²) in [5.41, 5.74) is 1.05. The molecule has 0 bridgehead atoms. The zero-order valence-corrected chi connectivity index (χ0v) is 10.2. The first-order valence-corrected chi connectivity index (χ1v) is 5.72. The second-order valence-corrected chi connectivity index (χ2v) is 4.11. The summed E-state index contributed by atoms with van der Waals surface area (Å²) in [5, 5.41) is 10.9. The van der Waals surface area contributed by atoms with Crippen LogP contribution in [-0.4, -0.2) is 5.97 Å². The van der Waals surface area contributed by atoms with E-state index in [-0.39, 0.29) is 10.6 Å². The van der Waals surface area contributed by atoms with Gasteiger partial charge >= 0.3 is 0 Å². The molecule has 0 aromatic heterocycles. The number of benzene rings is 2. The number of carbonyl (C=O) groups is 1. The Morgan fingerprint density at radius 2 is 1.89 bits per heavy atom. The van der Waals surface area contributed by atoms with Crippen molar-refractivity contribution in [3.05, 3.63) is 64.7 Å². The maximum Gasteiger partial charge on any atom is 0.138 e. The molecule has 0 spiro atoms. The lowest BCUT2D eigenvalue weighted by Crippen LogP contribution is -2.22. The summed E-state index contributed by atoms with van der Waals surface area (Å²) >= 11 is 5.92. The van der Waals surface area contributed by atoms with Crippen molar-refractivity contribution in [1.82, 2.24) is 0 Å². The molecule has 18 heavy (non-hydrogen) atoms. The maximum absolute atomic E-state index is 10.6. The summed E-state index contributed by atoms with van der Waals surface area (Å²) in [6.07, 6.45) is 0. The van der Waals surface area contributed by atoms with E-state index in [1.807, 2.05) is 30.3 Å². The van der Waals surface area contributed by atoms with E-state index in [2.05, 4.69) is 0 Å². The minimum absolute atomic E-state index is 0.0343. The molecule has 92 valence electrons. The highest BCUT2D eigenvalue weighted by Crippen LogP contribution is 2.26. The smallest absolute Gasteiger partial charge is 0.138 e. The zero-order valence-electron chi connectivity index (χ0n) is 9.43. The Kier molecular flexibility index (Phi) is 3.85. The van der Waals surface area contributed by atoms with Gasteiger partial charge in [-0.15, -0.1) is 0 Å². The van der Waals surface area contributed by atoms with Crippen molar-refractivity contribution in [2.75, 3.05) is 0 Å². The van der Waals surface area contributed by atoms with E-state index in [0.29, 0.717) is 12.4 Å². The van der Waals surface area contributed by atoms with Crippen LogP contribution in [0.3, 0.4) is 0 Å². The summed E-state index contributed by atoms with van der Waals surface area (Å²) in [7, 11) is 0. The van der Waals surface area contributed by atoms with Gasteiger partial charge in [-0.05, 0) is 29.3 Å². The molecule has 0 fully saturated rings. The van der Waals surface area contributed by atoms with Crippen LogP contribution in [0.2, 0.25) is 5.02 Å². The van der Waals surface area contributed by atoms with Crippen LogP contribution in [0, 0.1) is 0 Å². The van der Waals surface area contributed by atoms with Crippen molar-refractivity contribution in [2.24, 2.45) is 0 Å². The second-order valence-electron chi connectivity index (χ2n) is 3.71. The SMILES string of the molecule is O=C([O-])c1ccc(OCc2ccccc2)c(Cl)c1. The number of carboxylic acids is 1. The fourth-order valence-electron chi connectivity index (χ4n) is 1.48. The molecule has 0 aliphatic rings. The van der Waals surface area contributed by atoms with E-state index in [9.17, 15) is 9.90 Å². The molecule has 0 aliphatic carbocycles. The fourth-order valence-corrected chi connectivity index (χ4v) is 1.72. The molecule has 0 aliphatic heterocycles. The molecule has 0 radical (unpaired) electrons. The normalized spacial score (nSPS) is 10.1. The summed E-state index contributed by atoms with van der Waals surface area (Å²) < 4.78 is 5.51. The summed E-state index contributed by atoms with van der Waals surface area (Å²) in [6, 6.07) is 13.9. The Bertz CT molecular complexity index is 552. The third-order valence-corrected chi connectivity index (χ3v) is 2.70. The quantitative estimate of drug-likeness (QED) is 0.848. The molecule has 0 saturated heterocycles. The highest BCUT2D eigenvalue weighted by molar-refractivity contribution is 6.32. The number of halogens is 1. The van der Waals surface area contributed by atoms with Crippen LogP contribution >= 0.6 is 11.6 Å². The van der Waals surface area contributed by atoms with E-state index in [4.69, 9.17) is 16.3 Å². The highest BCUT2D eigenvalue weighted by atomic mass is 35.5. The van der Waals surface area contributed by atoms with E-state index in [0.717, 1.165) is 5.56 Å². The van der Waals surface area contributed by atoms with Crippen LogP contribution < -0.4 is 9.84 Å². The Hall–Kier alpha value is -2.00. The van der Waals surface area contributed by atoms with E-state index in [1.165, 1.54) is 18.2 Å². The van der Waals surface area contributed by atoms with Crippen molar-refractivity contribution < 1.29 is 14.6 Å². The molecule has 2 rings (SSSR count). The number of hydrogen-bond donors (Lipinski definition) is 0. The predicted molar refractivity (Wildman–Crippen MR) is 66.6 cm³/mol. The van der Waals surface area contributed by atoms with Crippen molar-refractivity contribution in [3.63, 3.8) is 0 Å². The number of carbonyl (C=O) groups excluding carboxylic acids is 1. The van der Waals surface area contributed by atoms with Gasteiger partial charge in [-0.1, -0.05) is 41.9 Å². The van der Waals surface area contributed by atoms with Crippen molar-refractivity contribution in [2.45, 2.75) is 6.61 Å². The molecule has 2 aromatic rings. The van der Waals surface area contributed by atoms with Gasteiger partial charge < -0.3 is 14.6 Å². The third-order valence-electron chi connectivity index (χ3n) is 2.40. The first kappa shape index (κ1) is 12.5. The van der Waals surface area contributed by atoms with Crippen LogP contribution in [0.5, 0.6) is 5.75 Å².